The van der Waals surface area contributed by atoms with E-state index in [-0.39, 0.29) is 0 Å². The molecular weight excluding hydrogens is 136 g/mol. The van der Waals surface area contributed by atoms with Crippen LogP contribution in [0.3, 0.4) is 0 Å². The van der Waals surface area contributed by atoms with Crippen LogP contribution in [-0.2, 0) is 0 Å². The van der Waals surface area contributed by atoms with Gasteiger partial charge < -0.3 is 5.73 Å². The lowest BCUT2D eigenvalue weighted by Crippen LogP contribution is -2.29. The van der Waals surface area contributed by atoms with Crippen molar-refractivity contribution in [2.24, 2.45) is 11.7 Å². The zero-order chi connectivity index (χ0) is 8.69. The van der Waals surface area contributed by atoms with Crippen molar-refractivity contribution in [1.29, 1.82) is 0 Å². The van der Waals surface area contributed by atoms with Crippen molar-refractivity contribution in [2.75, 3.05) is 26.7 Å². The van der Waals surface area contributed by atoms with Crippen molar-refractivity contribution < 1.29 is 0 Å². The highest BCUT2D eigenvalue weighted by Gasteiger charge is 2.05. The van der Waals surface area contributed by atoms with Gasteiger partial charge in [-0.25, -0.2) is 0 Å². The van der Waals surface area contributed by atoms with E-state index in [1.807, 2.05) is 7.05 Å². The predicted molar refractivity (Wildman–Crippen MR) is 49.2 cm³/mol. The lowest BCUT2D eigenvalue weighted by molar-refractivity contribution is 0.302. The molecule has 2 N–H and O–H groups in total. The first-order chi connectivity index (χ1) is 5.24. The molecular formula is C9H18N2. The van der Waals surface area contributed by atoms with Gasteiger partial charge in [0.15, 0.2) is 0 Å². The second-order valence-electron chi connectivity index (χ2n) is 2.91. The van der Waals surface area contributed by atoms with E-state index in [0.29, 0.717) is 5.92 Å². The molecule has 0 rings (SSSR count). The number of nitrogens with two attached hydrogens (primary N) is 1. The number of nitrogens with zero attached hydrogens (tertiary/aromatic N) is 1. The fourth-order valence-electron chi connectivity index (χ4n) is 1.03. The number of hydrogen-bond acceptors (Lipinski definition) is 2. The third kappa shape index (κ3) is 4.83. The first-order valence-electron chi connectivity index (χ1n) is 4.06. The minimum atomic E-state index is 0.591. The molecule has 0 aromatic rings. The second-order valence-corrected chi connectivity index (χ2v) is 2.91. The van der Waals surface area contributed by atoms with E-state index in [1.54, 1.807) is 0 Å². The average Bonchev–Trinajstić information content (AvgIpc) is 2.01. The van der Waals surface area contributed by atoms with Crippen LogP contribution in [0.2, 0.25) is 0 Å². The summed E-state index contributed by atoms with van der Waals surface area (Å²) in [4.78, 5) is 2.13. The molecule has 11 heavy (non-hydrogen) atoms. The SMILES string of the molecule is C#CCN(C)CC(CC)CN. The van der Waals surface area contributed by atoms with Crippen LogP contribution in [0.5, 0.6) is 0 Å². The third-order valence-electron chi connectivity index (χ3n) is 1.84. The fraction of sp³-hybridized carbons (Fsp3) is 0.778. The van der Waals surface area contributed by atoms with Crippen LogP contribution in [0.4, 0.5) is 0 Å². The van der Waals surface area contributed by atoms with Gasteiger partial charge in [-0.05, 0) is 19.5 Å². The van der Waals surface area contributed by atoms with E-state index in [4.69, 9.17) is 12.2 Å². The van der Waals surface area contributed by atoms with E-state index >= 15 is 0 Å². The summed E-state index contributed by atoms with van der Waals surface area (Å²) in [6, 6.07) is 0. The largest absolute Gasteiger partial charge is 0.330 e. The Kier molecular flexibility index (Phi) is 5.91. The van der Waals surface area contributed by atoms with Gasteiger partial charge in [-0.2, -0.15) is 0 Å². The third-order valence-corrected chi connectivity index (χ3v) is 1.84. The van der Waals surface area contributed by atoms with Crippen molar-refractivity contribution in [3.05, 3.63) is 0 Å². The van der Waals surface area contributed by atoms with Crippen LogP contribution in [0.25, 0.3) is 0 Å². The second kappa shape index (κ2) is 6.21. The molecule has 0 aromatic carbocycles. The number of rotatable bonds is 5. The molecule has 0 aromatic heterocycles. The van der Waals surface area contributed by atoms with Crippen molar-refractivity contribution in [3.8, 4) is 12.3 Å². The van der Waals surface area contributed by atoms with E-state index in [1.165, 1.54) is 0 Å². The highest BCUT2D eigenvalue weighted by atomic mass is 15.1. The summed E-state index contributed by atoms with van der Waals surface area (Å²) in [5.74, 6) is 3.20. The Morgan fingerprint density at radius 1 is 1.64 bits per heavy atom. The van der Waals surface area contributed by atoms with E-state index < -0.39 is 0 Å². The molecule has 1 atom stereocenters. The Bertz CT molecular complexity index is 122. The maximum atomic E-state index is 5.55. The van der Waals surface area contributed by atoms with Crippen molar-refractivity contribution in [1.82, 2.24) is 4.90 Å². The highest BCUT2D eigenvalue weighted by molar-refractivity contribution is 4.87. The molecule has 2 heteroatoms. The van der Waals surface area contributed by atoms with Crippen LogP contribution in [0.1, 0.15) is 13.3 Å². The molecule has 0 aliphatic rings. The van der Waals surface area contributed by atoms with Crippen LogP contribution >= 0.6 is 0 Å². The molecule has 0 spiro atoms. The van der Waals surface area contributed by atoms with Gasteiger partial charge in [-0.3, -0.25) is 4.90 Å². The minimum Gasteiger partial charge on any atom is -0.330 e. The fourth-order valence-corrected chi connectivity index (χ4v) is 1.03. The minimum absolute atomic E-state index is 0.591. The van der Waals surface area contributed by atoms with Crippen LogP contribution in [0.15, 0.2) is 0 Å². The Balaban J connectivity index is 3.55. The molecule has 0 aliphatic carbocycles. The Hall–Kier alpha value is -0.520. The smallest absolute Gasteiger partial charge is 0.0596 e. The normalized spacial score (nSPS) is 13.0. The molecule has 0 saturated carbocycles. The molecule has 0 heterocycles. The van der Waals surface area contributed by atoms with Crippen LogP contribution in [-0.4, -0.2) is 31.6 Å². The lowest BCUT2D eigenvalue weighted by atomic mass is 10.1. The Morgan fingerprint density at radius 2 is 2.27 bits per heavy atom. The van der Waals surface area contributed by atoms with E-state index in [9.17, 15) is 0 Å². The highest BCUT2D eigenvalue weighted by Crippen LogP contribution is 2.01. The lowest BCUT2D eigenvalue weighted by Gasteiger charge is -2.19. The van der Waals surface area contributed by atoms with Crippen molar-refractivity contribution in [3.63, 3.8) is 0 Å². The van der Waals surface area contributed by atoms with Gasteiger partial charge in [-0.15, -0.1) is 6.42 Å². The summed E-state index contributed by atoms with van der Waals surface area (Å²) in [7, 11) is 2.03. The monoisotopic (exact) mass is 154 g/mol. The number of hydrogen-bond donors (Lipinski definition) is 1. The average molecular weight is 154 g/mol. The van der Waals surface area contributed by atoms with Gasteiger partial charge in [-0.1, -0.05) is 19.3 Å². The van der Waals surface area contributed by atoms with Gasteiger partial charge in [0.2, 0.25) is 0 Å². The van der Waals surface area contributed by atoms with Gasteiger partial charge in [0.1, 0.15) is 0 Å². The molecule has 0 saturated heterocycles. The number of terminal acetylenes is 1. The summed E-state index contributed by atoms with van der Waals surface area (Å²) >= 11 is 0. The molecule has 0 radical (unpaired) electrons. The molecule has 0 bridgehead atoms. The molecule has 0 aliphatic heterocycles. The van der Waals surface area contributed by atoms with Crippen LogP contribution < -0.4 is 5.73 Å². The zero-order valence-corrected chi connectivity index (χ0v) is 7.51. The van der Waals surface area contributed by atoms with Gasteiger partial charge in [0.05, 0.1) is 6.54 Å². The maximum absolute atomic E-state index is 5.55. The van der Waals surface area contributed by atoms with Crippen LogP contribution in [0, 0.1) is 18.3 Å². The topological polar surface area (TPSA) is 29.3 Å². The Labute approximate surface area is 69.8 Å². The summed E-state index contributed by atoms with van der Waals surface area (Å²) in [5.41, 5.74) is 5.55. The first kappa shape index (κ1) is 10.5. The van der Waals surface area contributed by atoms with E-state index in [2.05, 4.69) is 17.7 Å². The zero-order valence-electron chi connectivity index (χ0n) is 7.51. The quantitative estimate of drug-likeness (QED) is 0.585. The summed E-state index contributed by atoms with van der Waals surface area (Å²) in [6.45, 7) is 4.64. The van der Waals surface area contributed by atoms with Crippen molar-refractivity contribution in [2.45, 2.75) is 13.3 Å². The van der Waals surface area contributed by atoms with E-state index in [0.717, 1.165) is 26.1 Å². The first-order valence-corrected chi connectivity index (χ1v) is 4.06. The summed E-state index contributed by atoms with van der Waals surface area (Å²) in [6.07, 6.45) is 6.30. The molecule has 64 valence electrons. The summed E-state index contributed by atoms with van der Waals surface area (Å²) < 4.78 is 0. The standard InChI is InChI=1S/C9H18N2/c1-4-6-11(3)8-9(5-2)7-10/h1,9H,5-8,10H2,2-3H3. The van der Waals surface area contributed by atoms with Crippen molar-refractivity contribution >= 4 is 0 Å². The molecule has 0 fully saturated rings. The van der Waals surface area contributed by atoms with Gasteiger partial charge >= 0.3 is 0 Å². The van der Waals surface area contributed by atoms with Gasteiger partial charge in [0.25, 0.3) is 0 Å². The molecule has 1 unspecified atom stereocenters. The summed E-state index contributed by atoms with van der Waals surface area (Å²) in [5, 5.41) is 0. The molecule has 0 amide bonds. The maximum Gasteiger partial charge on any atom is 0.0596 e. The van der Waals surface area contributed by atoms with Gasteiger partial charge in [0, 0.05) is 6.54 Å². The Morgan fingerprint density at radius 3 is 2.64 bits per heavy atom. The molecule has 2 nitrogen and oxygen atoms in total. The predicted octanol–water partition coefficient (Wildman–Crippen LogP) is 0.536.